The van der Waals surface area contributed by atoms with Crippen LogP contribution in [-0.2, 0) is 0 Å². The van der Waals surface area contributed by atoms with Crippen LogP contribution in [0.3, 0.4) is 0 Å². The van der Waals surface area contributed by atoms with Gasteiger partial charge in [-0.1, -0.05) is 0 Å². The molecule has 0 saturated heterocycles. The van der Waals surface area contributed by atoms with Crippen LogP contribution in [0.5, 0.6) is 5.75 Å². The summed E-state index contributed by atoms with van der Waals surface area (Å²) in [6.45, 7) is 0. The Morgan fingerprint density at radius 3 is 3.17 bits per heavy atom. The lowest BCUT2D eigenvalue weighted by Crippen LogP contribution is -1.84. The monoisotopic (exact) mass is 227 g/mol. The topological polar surface area (TPSA) is 50.8 Å². The Bertz CT molecular complexity index is 412. The molecule has 2 aromatic heterocycles. The highest BCUT2D eigenvalue weighted by Gasteiger charge is 2.08. The summed E-state index contributed by atoms with van der Waals surface area (Å²) in [5.74, 6) is 0.764. The minimum atomic E-state index is 0.654. The first-order valence-corrected chi connectivity index (χ1v) is 4.15. The van der Waals surface area contributed by atoms with E-state index in [2.05, 4.69) is 31.1 Å². The summed E-state index contributed by atoms with van der Waals surface area (Å²) in [6, 6.07) is 1.79. The molecule has 0 spiro atoms. The number of fused-ring (bicyclic) bond motifs is 1. The maximum absolute atomic E-state index is 5.14. The van der Waals surface area contributed by atoms with Crippen LogP contribution in [0.15, 0.2) is 16.9 Å². The summed E-state index contributed by atoms with van der Waals surface area (Å²) >= 11 is 3.32. The molecule has 62 valence electrons. The zero-order valence-corrected chi connectivity index (χ0v) is 7.92. The maximum atomic E-state index is 5.14. The zero-order chi connectivity index (χ0) is 8.55. The number of nitrogens with zero attached hydrogens (tertiary/aromatic N) is 2. The lowest BCUT2D eigenvalue weighted by molar-refractivity contribution is 0.419. The fraction of sp³-hybridized carbons (Fsp3) is 0.143. The van der Waals surface area contributed by atoms with Crippen LogP contribution in [0.1, 0.15) is 0 Å². The van der Waals surface area contributed by atoms with Crippen molar-refractivity contribution in [2.75, 3.05) is 7.11 Å². The molecule has 0 amide bonds. The van der Waals surface area contributed by atoms with Crippen LogP contribution >= 0.6 is 15.9 Å². The van der Waals surface area contributed by atoms with Gasteiger partial charge in [0.2, 0.25) is 0 Å². The van der Waals surface area contributed by atoms with Crippen LogP contribution in [0, 0.1) is 0 Å². The standard InChI is InChI=1S/C7H6BrN3O/c1-12-4-2-3-9-7-5(4)6(8)10-11-7/h2-3H,1H3,(H,9,10,11). The number of H-pyrrole nitrogens is 1. The molecular formula is C7H6BrN3O. The molecule has 0 unspecified atom stereocenters. The lowest BCUT2D eigenvalue weighted by Gasteiger charge is -1.98. The van der Waals surface area contributed by atoms with Gasteiger partial charge in [-0.05, 0) is 22.0 Å². The van der Waals surface area contributed by atoms with Crippen molar-refractivity contribution in [3.05, 3.63) is 16.9 Å². The van der Waals surface area contributed by atoms with Gasteiger partial charge >= 0.3 is 0 Å². The number of hydrogen-bond acceptors (Lipinski definition) is 3. The first kappa shape index (κ1) is 7.54. The van der Waals surface area contributed by atoms with Crippen molar-refractivity contribution in [1.82, 2.24) is 15.2 Å². The van der Waals surface area contributed by atoms with E-state index >= 15 is 0 Å². The van der Waals surface area contributed by atoms with E-state index < -0.39 is 0 Å². The molecule has 12 heavy (non-hydrogen) atoms. The molecule has 0 aliphatic rings. The van der Waals surface area contributed by atoms with Gasteiger partial charge in [0.05, 0.1) is 12.5 Å². The molecular weight excluding hydrogens is 222 g/mol. The van der Waals surface area contributed by atoms with Gasteiger partial charge in [0.25, 0.3) is 0 Å². The predicted molar refractivity (Wildman–Crippen MR) is 48.1 cm³/mol. The Morgan fingerprint density at radius 2 is 2.42 bits per heavy atom. The van der Waals surface area contributed by atoms with Crippen LogP contribution in [0.2, 0.25) is 0 Å². The largest absolute Gasteiger partial charge is 0.496 e. The minimum Gasteiger partial charge on any atom is -0.496 e. The van der Waals surface area contributed by atoms with Crippen LogP contribution < -0.4 is 4.74 Å². The molecule has 0 aromatic carbocycles. The van der Waals surface area contributed by atoms with E-state index in [0.29, 0.717) is 5.65 Å². The minimum absolute atomic E-state index is 0.654. The van der Waals surface area contributed by atoms with E-state index in [-0.39, 0.29) is 0 Å². The van der Waals surface area contributed by atoms with Gasteiger partial charge in [-0.3, -0.25) is 5.10 Å². The van der Waals surface area contributed by atoms with Crippen molar-refractivity contribution in [2.45, 2.75) is 0 Å². The second kappa shape index (κ2) is 2.75. The molecule has 0 bridgehead atoms. The van der Waals surface area contributed by atoms with Gasteiger partial charge < -0.3 is 4.74 Å². The molecule has 0 saturated carbocycles. The molecule has 5 heteroatoms. The van der Waals surface area contributed by atoms with Gasteiger partial charge in [0.15, 0.2) is 5.65 Å². The highest BCUT2D eigenvalue weighted by Crippen LogP contribution is 2.28. The summed E-state index contributed by atoms with van der Waals surface area (Å²) in [6.07, 6.45) is 1.66. The van der Waals surface area contributed by atoms with Crippen LogP contribution in [0.25, 0.3) is 11.0 Å². The van der Waals surface area contributed by atoms with Crippen molar-refractivity contribution >= 4 is 27.0 Å². The highest BCUT2D eigenvalue weighted by molar-refractivity contribution is 9.10. The number of methoxy groups -OCH3 is 1. The third kappa shape index (κ3) is 0.972. The molecule has 2 rings (SSSR count). The number of aromatic amines is 1. The van der Waals surface area contributed by atoms with Gasteiger partial charge in [0.1, 0.15) is 10.4 Å². The van der Waals surface area contributed by atoms with E-state index in [1.165, 1.54) is 0 Å². The third-order valence-electron chi connectivity index (χ3n) is 1.59. The lowest BCUT2D eigenvalue weighted by atomic mass is 10.3. The Balaban J connectivity index is 2.84. The fourth-order valence-electron chi connectivity index (χ4n) is 1.05. The fourth-order valence-corrected chi connectivity index (χ4v) is 1.51. The van der Waals surface area contributed by atoms with Crippen molar-refractivity contribution < 1.29 is 4.74 Å². The molecule has 2 aromatic rings. The van der Waals surface area contributed by atoms with E-state index in [0.717, 1.165) is 15.7 Å². The molecule has 0 aliphatic heterocycles. The van der Waals surface area contributed by atoms with E-state index in [1.54, 1.807) is 19.4 Å². The number of nitrogens with one attached hydrogen (secondary N) is 1. The van der Waals surface area contributed by atoms with Crippen molar-refractivity contribution in [1.29, 1.82) is 0 Å². The number of halogens is 1. The number of hydrogen-bond donors (Lipinski definition) is 1. The van der Waals surface area contributed by atoms with E-state index in [1.807, 2.05) is 0 Å². The van der Waals surface area contributed by atoms with Crippen molar-refractivity contribution in [2.24, 2.45) is 0 Å². The van der Waals surface area contributed by atoms with Crippen molar-refractivity contribution in [3.63, 3.8) is 0 Å². The van der Waals surface area contributed by atoms with Gasteiger partial charge in [0, 0.05) is 6.20 Å². The molecule has 0 fully saturated rings. The summed E-state index contributed by atoms with van der Waals surface area (Å²) < 4.78 is 5.93. The van der Waals surface area contributed by atoms with Gasteiger partial charge in [-0.25, -0.2) is 4.98 Å². The SMILES string of the molecule is COc1ccnc2n[nH]c(Br)c12. The first-order chi connectivity index (χ1) is 5.83. The van der Waals surface area contributed by atoms with Crippen molar-refractivity contribution in [3.8, 4) is 5.75 Å². The van der Waals surface area contributed by atoms with Gasteiger partial charge in [-0.15, -0.1) is 0 Å². The molecule has 0 radical (unpaired) electrons. The van der Waals surface area contributed by atoms with E-state index in [4.69, 9.17) is 4.74 Å². The highest BCUT2D eigenvalue weighted by atomic mass is 79.9. The average molecular weight is 228 g/mol. The zero-order valence-electron chi connectivity index (χ0n) is 6.34. The van der Waals surface area contributed by atoms with Gasteiger partial charge in [-0.2, -0.15) is 5.10 Å². The summed E-state index contributed by atoms with van der Waals surface area (Å²) in [4.78, 5) is 4.06. The summed E-state index contributed by atoms with van der Waals surface area (Å²) in [5, 5.41) is 7.61. The quantitative estimate of drug-likeness (QED) is 0.808. The Morgan fingerprint density at radius 1 is 1.58 bits per heavy atom. The molecule has 0 atom stereocenters. The Hall–Kier alpha value is -1.10. The molecule has 0 aliphatic carbocycles. The summed E-state index contributed by atoms with van der Waals surface area (Å²) in [5.41, 5.74) is 0.654. The molecule has 4 nitrogen and oxygen atoms in total. The second-order valence-electron chi connectivity index (χ2n) is 2.25. The normalized spacial score (nSPS) is 10.5. The third-order valence-corrected chi connectivity index (χ3v) is 2.17. The Labute approximate surface area is 77.1 Å². The maximum Gasteiger partial charge on any atom is 0.185 e. The molecule has 2 heterocycles. The number of rotatable bonds is 1. The average Bonchev–Trinajstić information content (AvgIpc) is 2.48. The smallest absolute Gasteiger partial charge is 0.185 e. The second-order valence-corrected chi connectivity index (χ2v) is 3.04. The number of pyridine rings is 1. The number of aromatic nitrogens is 3. The predicted octanol–water partition coefficient (Wildman–Crippen LogP) is 1.73. The summed E-state index contributed by atoms with van der Waals surface area (Å²) in [7, 11) is 1.62. The van der Waals surface area contributed by atoms with Crippen LogP contribution in [-0.4, -0.2) is 22.3 Å². The van der Waals surface area contributed by atoms with E-state index in [9.17, 15) is 0 Å². The molecule has 1 N–H and O–H groups in total. The number of ether oxygens (including phenoxy) is 1. The Kier molecular flexibility index (Phi) is 1.73. The van der Waals surface area contributed by atoms with Crippen LogP contribution in [0.4, 0.5) is 0 Å². The first-order valence-electron chi connectivity index (χ1n) is 3.35.